The predicted molar refractivity (Wildman–Crippen MR) is 83.7 cm³/mol. The second kappa shape index (κ2) is 5.54. The van der Waals surface area contributed by atoms with Crippen LogP contribution in [0.1, 0.15) is 20.2 Å². The summed E-state index contributed by atoms with van der Waals surface area (Å²) in [5.74, 6) is -1.59. The summed E-state index contributed by atoms with van der Waals surface area (Å²) in [6.07, 6.45) is 0. The highest BCUT2D eigenvalue weighted by molar-refractivity contribution is 7.17. The van der Waals surface area contributed by atoms with E-state index in [1.807, 2.05) is 0 Å². The van der Waals surface area contributed by atoms with Crippen molar-refractivity contribution in [1.29, 1.82) is 0 Å². The molecule has 0 unspecified atom stereocenters. The van der Waals surface area contributed by atoms with Crippen LogP contribution in [-0.4, -0.2) is 16.7 Å². The molecular formula is C14H9N3O5S. The van der Waals surface area contributed by atoms with E-state index in [0.717, 1.165) is 11.3 Å². The van der Waals surface area contributed by atoms with Crippen molar-refractivity contribution in [3.8, 4) is 0 Å². The van der Waals surface area contributed by atoms with Gasteiger partial charge in [0.15, 0.2) is 0 Å². The van der Waals surface area contributed by atoms with Crippen LogP contribution in [0.25, 0.3) is 11.0 Å². The van der Waals surface area contributed by atoms with Crippen LogP contribution in [0.15, 0.2) is 40.8 Å². The largest absolute Gasteiger partial charge is 0.449 e. The van der Waals surface area contributed by atoms with Crippen molar-refractivity contribution in [2.75, 3.05) is 5.32 Å². The maximum absolute atomic E-state index is 12.2. The lowest BCUT2D eigenvalue weighted by atomic mass is 10.2. The van der Waals surface area contributed by atoms with Crippen LogP contribution in [0.2, 0.25) is 0 Å². The van der Waals surface area contributed by atoms with E-state index in [2.05, 4.69) is 5.32 Å². The molecule has 9 heteroatoms. The molecule has 0 radical (unpaired) electrons. The second-order valence-corrected chi connectivity index (χ2v) is 5.58. The third kappa shape index (κ3) is 2.64. The van der Waals surface area contributed by atoms with Crippen LogP contribution < -0.4 is 11.1 Å². The minimum absolute atomic E-state index is 0.136. The van der Waals surface area contributed by atoms with Crippen molar-refractivity contribution in [3.05, 3.63) is 57.1 Å². The average Bonchev–Trinajstić information content (AvgIpc) is 3.12. The summed E-state index contributed by atoms with van der Waals surface area (Å²) in [7, 11) is 0. The first-order valence-electron chi connectivity index (χ1n) is 6.34. The number of hydrogen-bond donors (Lipinski definition) is 2. The zero-order valence-corrected chi connectivity index (χ0v) is 12.3. The Morgan fingerprint density at radius 1 is 1.22 bits per heavy atom. The van der Waals surface area contributed by atoms with Crippen LogP contribution in [0.4, 0.5) is 10.7 Å². The molecule has 2 heterocycles. The van der Waals surface area contributed by atoms with Crippen LogP contribution in [0.3, 0.4) is 0 Å². The SMILES string of the molecule is NC(=O)c1oc2ccccc2c1NC(=O)c1ccc([N+](=O)[O-])s1. The maximum atomic E-state index is 12.2. The van der Waals surface area contributed by atoms with Gasteiger partial charge in [-0.3, -0.25) is 19.7 Å². The van der Waals surface area contributed by atoms with E-state index >= 15 is 0 Å². The molecule has 0 aliphatic rings. The summed E-state index contributed by atoms with van der Waals surface area (Å²) < 4.78 is 5.35. The average molecular weight is 331 g/mol. The molecular weight excluding hydrogens is 322 g/mol. The molecule has 0 saturated carbocycles. The summed E-state index contributed by atoms with van der Waals surface area (Å²) in [6, 6.07) is 9.30. The molecule has 1 aromatic carbocycles. The normalized spacial score (nSPS) is 10.6. The lowest BCUT2D eigenvalue weighted by Crippen LogP contribution is -2.16. The van der Waals surface area contributed by atoms with Gasteiger partial charge >= 0.3 is 5.00 Å². The molecule has 0 fully saturated rings. The van der Waals surface area contributed by atoms with E-state index in [4.69, 9.17) is 10.2 Å². The molecule has 2 amide bonds. The van der Waals surface area contributed by atoms with E-state index in [1.165, 1.54) is 12.1 Å². The number of rotatable bonds is 4. The third-order valence-corrected chi connectivity index (χ3v) is 4.09. The summed E-state index contributed by atoms with van der Waals surface area (Å²) in [5, 5.41) is 13.6. The van der Waals surface area contributed by atoms with Crippen molar-refractivity contribution >= 4 is 44.8 Å². The molecule has 0 aliphatic carbocycles. The molecule has 0 spiro atoms. The maximum Gasteiger partial charge on any atom is 0.324 e. The number of thiophene rings is 1. The fraction of sp³-hybridized carbons (Fsp3) is 0. The molecule has 3 aromatic rings. The Balaban J connectivity index is 1.99. The number of nitrogens with zero attached hydrogens (tertiary/aromatic N) is 1. The van der Waals surface area contributed by atoms with Crippen LogP contribution in [0, 0.1) is 10.1 Å². The number of para-hydroxylation sites is 1. The van der Waals surface area contributed by atoms with Gasteiger partial charge in [0.25, 0.3) is 11.8 Å². The van der Waals surface area contributed by atoms with Crippen molar-refractivity contribution in [2.45, 2.75) is 0 Å². The van der Waals surface area contributed by atoms with Gasteiger partial charge in [0.2, 0.25) is 5.76 Å². The van der Waals surface area contributed by atoms with Gasteiger partial charge in [-0.1, -0.05) is 23.5 Å². The van der Waals surface area contributed by atoms with E-state index in [9.17, 15) is 19.7 Å². The van der Waals surface area contributed by atoms with Gasteiger partial charge in [-0.25, -0.2) is 0 Å². The predicted octanol–water partition coefficient (Wildman–Crippen LogP) is 2.75. The van der Waals surface area contributed by atoms with Crippen LogP contribution >= 0.6 is 11.3 Å². The fourth-order valence-corrected chi connectivity index (χ4v) is 2.78. The topological polar surface area (TPSA) is 128 Å². The van der Waals surface area contributed by atoms with Crippen molar-refractivity contribution in [3.63, 3.8) is 0 Å². The number of nitrogens with two attached hydrogens (primary N) is 1. The van der Waals surface area contributed by atoms with E-state index in [1.54, 1.807) is 24.3 Å². The van der Waals surface area contributed by atoms with Gasteiger partial charge in [-0.15, -0.1) is 0 Å². The van der Waals surface area contributed by atoms with Crippen molar-refractivity contribution < 1.29 is 18.9 Å². The minimum atomic E-state index is -0.825. The molecule has 23 heavy (non-hydrogen) atoms. The zero-order valence-electron chi connectivity index (χ0n) is 11.4. The van der Waals surface area contributed by atoms with Crippen molar-refractivity contribution in [1.82, 2.24) is 0 Å². The lowest BCUT2D eigenvalue weighted by Gasteiger charge is -2.02. The molecule has 3 N–H and O–H groups in total. The number of fused-ring (bicyclic) bond motifs is 1. The summed E-state index contributed by atoms with van der Waals surface area (Å²) in [5.41, 5.74) is 5.81. The zero-order chi connectivity index (χ0) is 16.6. The smallest absolute Gasteiger partial charge is 0.324 e. The Bertz CT molecular complexity index is 943. The van der Waals surface area contributed by atoms with Gasteiger partial charge in [0, 0.05) is 11.5 Å². The molecule has 116 valence electrons. The Kier molecular flexibility index (Phi) is 3.54. The number of nitrogens with one attached hydrogen (secondary N) is 1. The summed E-state index contributed by atoms with van der Waals surface area (Å²) in [4.78, 5) is 34.0. The van der Waals surface area contributed by atoms with E-state index in [-0.39, 0.29) is 21.3 Å². The number of carbonyl (C=O) groups excluding carboxylic acids is 2. The Morgan fingerprint density at radius 3 is 2.61 bits per heavy atom. The number of furan rings is 1. The molecule has 8 nitrogen and oxygen atoms in total. The number of carbonyl (C=O) groups is 2. The number of nitro groups is 1. The highest BCUT2D eigenvalue weighted by atomic mass is 32.1. The van der Waals surface area contributed by atoms with E-state index < -0.39 is 16.7 Å². The first kappa shape index (κ1) is 14.7. The van der Waals surface area contributed by atoms with Crippen LogP contribution in [0.5, 0.6) is 0 Å². The minimum Gasteiger partial charge on any atom is -0.449 e. The van der Waals surface area contributed by atoms with Gasteiger partial charge in [-0.2, -0.15) is 0 Å². The standard InChI is InChI=1S/C14H9N3O5S/c15-13(18)12-11(7-3-1-2-4-8(7)22-12)16-14(19)9-5-6-10(23-9)17(20)21/h1-6H,(H2,15,18)(H,16,19). The Labute approximate surface area is 132 Å². The number of anilines is 1. The van der Waals surface area contributed by atoms with Crippen molar-refractivity contribution in [2.24, 2.45) is 5.73 Å². The number of amides is 2. The quantitative estimate of drug-likeness (QED) is 0.561. The van der Waals surface area contributed by atoms with Crippen LogP contribution in [-0.2, 0) is 0 Å². The molecule has 0 atom stereocenters. The molecule has 2 aromatic heterocycles. The van der Waals surface area contributed by atoms with Gasteiger partial charge in [0.1, 0.15) is 11.3 Å². The van der Waals surface area contributed by atoms with Gasteiger partial charge in [-0.05, 0) is 18.2 Å². The highest BCUT2D eigenvalue weighted by Crippen LogP contribution is 2.32. The fourth-order valence-electron chi connectivity index (χ4n) is 2.07. The molecule has 3 rings (SSSR count). The van der Waals surface area contributed by atoms with E-state index in [0.29, 0.717) is 11.0 Å². The molecule has 0 saturated heterocycles. The first-order valence-corrected chi connectivity index (χ1v) is 7.16. The number of benzene rings is 1. The Hall–Kier alpha value is -3.20. The first-order chi connectivity index (χ1) is 11.0. The third-order valence-electron chi connectivity index (χ3n) is 3.05. The Morgan fingerprint density at radius 2 is 1.96 bits per heavy atom. The van der Waals surface area contributed by atoms with Gasteiger partial charge in [0.05, 0.1) is 9.80 Å². The molecule has 0 bridgehead atoms. The summed E-state index contributed by atoms with van der Waals surface area (Å²) in [6.45, 7) is 0. The molecule has 0 aliphatic heterocycles. The second-order valence-electron chi connectivity index (χ2n) is 4.52. The highest BCUT2D eigenvalue weighted by Gasteiger charge is 2.22. The number of hydrogen-bond acceptors (Lipinski definition) is 6. The summed E-state index contributed by atoms with van der Waals surface area (Å²) >= 11 is 0.733. The lowest BCUT2D eigenvalue weighted by molar-refractivity contribution is -0.380. The number of primary amides is 1. The monoisotopic (exact) mass is 331 g/mol. The van der Waals surface area contributed by atoms with Gasteiger partial charge < -0.3 is 15.5 Å².